The molecule has 3 N–H and O–H groups in total. The van der Waals surface area contributed by atoms with Gasteiger partial charge in [0.05, 0.1) is 22.5 Å². The minimum Gasteiger partial charge on any atom is -0.388 e. The molecule has 0 amide bonds. The maximum Gasteiger partial charge on any atom is 0.227 e. The molecule has 214 valence electrons. The minimum absolute atomic E-state index is 0. The van der Waals surface area contributed by atoms with Gasteiger partial charge in [-0.25, -0.2) is 23.4 Å². The molecule has 0 aliphatic carbocycles. The van der Waals surface area contributed by atoms with Crippen molar-refractivity contribution in [1.29, 1.82) is 0 Å². The number of imidazole rings is 1. The molecule has 2 heterocycles. The Morgan fingerprint density at radius 2 is 1.73 bits per heavy atom. The average Bonchev–Trinajstić information content (AvgIpc) is 3.26. The summed E-state index contributed by atoms with van der Waals surface area (Å²) in [6.07, 6.45) is 3.41. The number of halogens is 1. The Hall–Kier alpha value is -4.15. The molecular weight excluding hydrogens is 558 g/mol. The zero-order valence-electron chi connectivity index (χ0n) is 23.5. The number of anilines is 4. The molecule has 0 saturated carbocycles. The van der Waals surface area contributed by atoms with Crippen LogP contribution < -0.4 is 16.0 Å². The number of fused-ring (bicyclic) bond motifs is 1. The molecule has 5 aromatic rings. The summed E-state index contributed by atoms with van der Waals surface area (Å²) in [4.78, 5) is 14.2. The molecule has 0 fully saturated rings. The van der Waals surface area contributed by atoms with Gasteiger partial charge in [0.15, 0.2) is 0 Å². The van der Waals surface area contributed by atoms with E-state index < -0.39 is 9.84 Å². The third-order valence-corrected chi connectivity index (χ3v) is 7.70. The Labute approximate surface area is 246 Å². The van der Waals surface area contributed by atoms with E-state index in [-0.39, 0.29) is 18.2 Å². The summed E-state index contributed by atoms with van der Waals surface area (Å²) in [5.41, 5.74) is 8.44. The topological polar surface area (TPSA) is 114 Å². The molecule has 0 saturated heterocycles. The van der Waals surface area contributed by atoms with Crippen molar-refractivity contribution in [2.45, 2.75) is 19.9 Å². The van der Waals surface area contributed by atoms with Gasteiger partial charge in [-0.1, -0.05) is 42.0 Å². The predicted molar refractivity (Wildman–Crippen MR) is 170 cm³/mol. The van der Waals surface area contributed by atoms with E-state index in [2.05, 4.69) is 62.8 Å². The van der Waals surface area contributed by atoms with E-state index in [0.717, 1.165) is 45.2 Å². The van der Waals surface area contributed by atoms with Gasteiger partial charge in [0, 0.05) is 44.5 Å². The van der Waals surface area contributed by atoms with Crippen LogP contribution in [0.5, 0.6) is 0 Å². The van der Waals surface area contributed by atoms with Crippen LogP contribution in [0.2, 0.25) is 0 Å². The molecule has 0 bridgehead atoms. The zero-order valence-corrected chi connectivity index (χ0v) is 25.1. The molecule has 0 aliphatic rings. The third kappa shape index (κ3) is 7.14. The Morgan fingerprint density at radius 3 is 2.46 bits per heavy atom. The SMILES string of the molecule is CNc1ccc2c(nc(NCc3ccc(C)cc3)n2C)c1-c1ccnc(Nc2cccc(CCS(C)(=O)=O)c2)n1.Cl. The van der Waals surface area contributed by atoms with Crippen LogP contribution >= 0.6 is 12.4 Å². The van der Waals surface area contributed by atoms with Gasteiger partial charge in [-0.05, 0) is 54.8 Å². The zero-order chi connectivity index (χ0) is 28.3. The fraction of sp³-hybridized carbons (Fsp3) is 0.233. The highest BCUT2D eigenvalue weighted by molar-refractivity contribution is 7.90. The number of aryl methyl sites for hydroxylation is 3. The lowest BCUT2D eigenvalue weighted by Gasteiger charge is -2.12. The van der Waals surface area contributed by atoms with Gasteiger partial charge < -0.3 is 20.5 Å². The van der Waals surface area contributed by atoms with Crippen LogP contribution in [0.4, 0.5) is 23.3 Å². The molecule has 0 unspecified atom stereocenters. The average molecular weight is 592 g/mol. The Balaban J connectivity index is 0.00000387. The number of rotatable bonds is 10. The van der Waals surface area contributed by atoms with E-state index in [1.165, 1.54) is 17.4 Å². The Morgan fingerprint density at radius 1 is 0.951 bits per heavy atom. The van der Waals surface area contributed by atoms with Crippen molar-refractivity contribution >= 4 is 56.5 Å². The van der Waals surface area contributed by atoms with Crippen LogP contribution in [0.15, 0.2) is 72.9 Å². The standard InChI is InChI=1S/C30H33N7O2S.ClH/c1-20-8-10-22(11-9-20)19-33-30-36-28-26(37(30)3)13-12-24(31-2)27(28)25-14-16-32-29(35-25)34-23-7-5-6-21(18-23)15-17-40(4,38)39;/h5-14,16,18,31H,15,17,19H2,1-4H3,(H,33,36)(H,32,34,35);1H. The number of hydrogen-bond donors (Lipinski definition) is 3. The summed E-state index contributed by atoms with van der Waals surface area (Å²) in [5, 5.41) is 10.0. The van der Waals surface area contributed by atoms with Crippen LogP contribution in [0.3, 0.4) is 0 Å². The van der Waals surface area contributed by atoms with Crippen LogP contribution in [-0.2, 0) is 29.9 Å². The van der Waals surface area contributed by atoms with Gasteiger partial charge in [-0.3, -0.25) is 0 Å². The van der Waals surface area contributed by atoms with E-state index in [0.29, 0.717) is 18.9 Å². The lowest BCUT2D eigenvalue weighted by atomic mass is 10.1. The van der Waals surface area contributed by atoms with Crippen molar-refractivity contribution in [3.63, 3.8) is 0 Å². The summed E-state index contributed by atoms with van der Waals surface area (Å²) in [6.45, 7) is 2.74. The van der Waals surface area contributed by atoms with Crippen LogP contribution in [0, 0.1) is 6.92 Å². The summed E-state index contributed by atoms with van der Waals surface area (Å²) < 4.78 is 25.2. The van der Waals surface area contributed by atoms with Crippen molar-refractivity contribution in [3.8, 4) is 11.3 Å². The number of nitrogens with zero attached hydrogens (tertiary/aromatic N) is 4. The van der Waals surface area contributed by atoms with Crippen LogP contribution in [-0.4, -0.2) is 47.0 Å². The van der Waals surface area contributed by atoms with Crippen molar-refractivity contribution in [3.05, 3.63) is 89.6 Å². The lowest BCUT2D eigenvalue weighted by molar-refractivity contribution is 0.601. The first kappa shape index (κ1) is 29.8. The highest BCUT2D eigenvalue weighted by Gasteiger charge is 2.18. The third-order valence-electron chi connectivity index (χ3n) is 6.75. The van der Waals surface area contributed by atoms with Crippen molar-refractivity contribution in [2.75, 3.05) is 35.0 Å². The molecule has 0 atom stereocenters. The van der Waals surface area contributed by atoms with Gasteiger partial charge in [0.25, 0.3) is 0 Å². The van der Waals surface area contributed by atoms with E-state index in [1.54, 1.807) is 6.20 Å². The summed E-state index contributed by atoms with van der Waals surface area (Å²) >= 11 is 0. The molecule has 2 aromatic heterocycles. The second-order valence-electron chi connectivity index (χ2n) is 9.91. The fourth-order valence-corrected chi connectivity index (χ4v) is 5.17. The smallest absolute Gasteiger partial charge is 0.227 e. The number of benzene rings is 3. The number of hydrogen-bond acceptors (Lipinski definition) is 8. The van der Waals surface area contributed by atoms with Gasteiger partial charge in [-0.2, -0.15) is 0 Å². The van der Waals surface area contributed by atoms with E-state index in [1.807, 2.05) is 50.5 Å². The molecule has 5 rings (SSSR count). The van der Waals surface area contributed by atoms with Gasteiger partial charge in [-0.15, -0.1) is 12.4 Å². The second-order valence-corrected chi connectivity index (χ2v) is 12.2. The maximum atomic E-state index is 11.6. The van der Waals surface area contributed by atoms with E-state index in [9.17, 15) is 8.42 Å². The Kier molecular flexibility index (Phi) is 9.14. The van der Waals surface area contributed by atoms with Crippen molar-refractivity contribution in [2.24, 2.45) is 7.05 Å². The quantitative estimate of drug-likeness (QED) is 0.188. The molecule has 9 nitrogen and oxygen atoms in total. The predicted octanol–water partition coefficient (Wildman–Crippen LogP) is 5.75. The molecule has 41 heavy (non-hydrogen) atoms. The second kappa shape index (κ2) is 12.6. The highest BCUT2D eigenvalue weighted by Crippen LogP contribution is 2.35. The summed E-state index contributed by atoms with van der Waals surface area (Å²) in [7, 11) is 0.842. The number of aromatic nitrogens is 4. The molecule has 0 aliphatic heterocycles. The van der Waals surface area contributed by atoms with E-state index in [4.69, 9.17) is 9.97 Å². The lowest BCUT2D eigenvalue weighted by Crippen LogP contribution is -2.06. The van der Waals surface area contributed by atoms with Crippen molar-refractivity contribution in [1.82, 2.24) is 19.5 Å². The normalized spacial score (nSPS) is 11.2. The molecule has 3 aromatic carbocycles. The molecule has 11 heteroatoms. The van der Waals surface area contributed by atoms with Crippen molar-refractivity contribution < 1.29 is 8.42 Å². The minimum atomic E-state index is -3.04. The summed E-state index contributed by atoms with van der Waals surface area (Å²) in [5.74, 6) is 1.31. The van der Waals surface area contributed by atoms with Crippen LogP contribution in [0.1, 0.15) is 16.7 Å². The molecule has 0 radical (unpaired) electrons. The van der Waals surface area contributed by atoms with Crippen LogP contribution in [0.25, 0.3) is 22.3 Å². The molecular formula is C30H34ClN7O2S. The first-order chi connectivity index (χ1) is 19.2. The Bertz CT molecular complexity index is 1770. The maximum absolute atomic E-state index is 11.6. The first-order valence-electron chi connectivity index (χ1n) is 13.0. The monoisotopic (exact) mass is 591 g/mol. The number of nitrogens with one attached hydrogen (secondary N) is 3. The van der Waals surface area contributed by atoms with Gasteiger partial charge in [0.2, 0.25) is 11.9 Å². The van der Waals surface area contributed by atoms with E-state index >= 15 is 0 Å². The van der Waals surface area contributed by atoms with Gasteiger partial charge in [0.1, 0.15) is 15.4 Å². The summed E-state index contributed by atoms with van der Waals surface area (Å²) in [6, 6.07) is 22.0. The highest BCUT2D eigenvalue weighted by atomic mass is 35.5. The van der Waals surface area contributed by atoms with Gasteiger partial charge >= 0.3 is 0 Å². The number of sulfone groups is 1. The molecule has 0 spiro atoms. The first-order valence-corrected chi connectivity index (χ1v) is 15.1. The largest absolute Gasteiger partial charge is 0.388 e. The fourth-order valence-electron chi connectivity index (χ4n) is 4.57.